The van der Waals surface area contributed by atoms with Crippen LogP contribution in [0.5, 0.6) is 11.5 Å². The van der Waals surface area contributed by atoms with E-state index in [1.165, 1.54) is 32.4 Å². The third kappa shape index (κ3) is 5.03. The van der Waals surface area contributed by atoms with Crippen molar-refractivity contribution >= 4 is 38.9 Å². The molecule has 140 valence electrons. The number of sulfonamides is 1. The Morgan fingerprint density at radius 3 is 2.46 bits per heavy atom. The van der Waals surface area contributed by atoms with E-state index >= 15 is 0 Å². The number of hydrogen-bond donors (Lipinski definition) is 1. The van der Waals surface area contributed by atoms with Crippen LogP contribution in [-0.4, -0.2) is 41.3 Å². The van der Waals surface area contributed by atoms with Crippen LogP contribution < -0.4 is 19.1 Å². The minimum atomic E-state index is -3.71. The maximum atomic E-state index is 12.3. The Kier molecular flexibility index (Phi) is 6.33. The Morgan fingerprint density at radius 1 is 1.15 bits per heavy atom. The molecule has 0 saturated heterocycles. The number of halogens is 1. The van der Waals surface area contributed by atoms with Crippen LogP contribution in [0.1, 0.15) is 0 Å². The molecule has 0 aromatic heterocycles. The number of rotatable bonds is 7. The van der Waals surface area contributed by atoms with Gasteiger partial charge in [0.1, 0.15) is 18.0 Å². The summed E-state index contributed by atoms with van der Waals surface area (Å²) in [6.07, 6.45) is 1.02. The Labute approximate surface area is 157 Å². The van der Waals surface area contributed by atoms with E-state index in [9.17, 15) is 13.2 Å². The van der Waals surface area contributed by atoms with Crippen molar-refractivity contribution in [1.82, 2.24) is 0 Å². The number of carbonyl (C=O) groups excluding carboxylic acids is 1. The van der Waals surface area contributed by atoms with Gasteiger partial charge in [0.15, 0.2) is 0 Å². The molecule has 0 bridgehead atoms. The first-order valence-corrected chi connectivity index (χ1v) is 9.72. The molecule has 26 heavy (non-hydrogen) atoms. The molecule has 2 aromatic carbocycles. The molecule has 0 spiro atoms. The van der Waals surface area contributed by atoms with Gasteiger partial charge in [0.25, 0.3) is 0 Å². The van der Waals surface area contributed by atoms with Gasteiger partial charge in [-0.2, -0.15) is 0 Å². The lowest BCUT2D eigenvalue weighted by Crippen LogP contribution is -2.37. The summed E-state index contributed by atoms with van der Waals surface area (Å²) in [5, 5.41) is 2.89. The van der Waals surface area contributed by atoms with Crippen molar-refractivity contribution in [3.05, 3.63) is 47.5 Å². The Balaban J connectivity index is 2.23. The summed E-state index contributed by atoms with van der Waals surface area (Å²) in [6, 6.07) is 11.2. The minimum absolute atomic E-state index is 0.242. The number of ether oxygens (including phenoxy) is 2. The zero-order chi connectivity index (χ0) is 19.3. The van der Waals surface area contributed by atoms with Crippen molar-refractivity contribution in [2.45, 2.75) is 0 Å². The lowest BCUT2D eigenvalue weighted by molar-refractivity contribution is -0.114. The van der Waals surface area contributed by atoms with E-state index in [-0.39, 0.29) is 10.7 Å². The highest BCUT2D eigenvalue weighted by molar-refractivity contribution is 7.92. The van der Waals surface area contributed by atoms with Crippen molar-refractivity contribution in [1.29, 1.82) is 0 Å². The number of hydrogen-bond acceptors (Lipinski definition) is 5. The van der Waals surface area contributed by atoms with Gasteiger partial charge in [-0.3, -0.25) is 9.10 Å². The van der Waals surface area contributed by atoms with Crippen LogP contribution in [0.3, 0.4) is 0 Å². The second-order valence-electron chi connectivity index (χ2n) is 5.37. The van der Waals surface area contributed by atoms with Gasteiger partial charge in [0.2, 0.25) is 15.9 Å². The van der Waals surface area contributed by atoms with Gasteiger partial charge >= 0.3 is 0 Å². The van der Waals surface area contributed by atoms with Gasteiger partial charge in [0.05, 0.1) is 31.2 Å². The summed E-state index contributed by atoms with van der Waals surface area (Å²) < 4.78 is 35.4. The largest absolute Gasteiger partial charge is 0.497 e. The van der Waals surface area contributed by atoms with Crippen molar-refractivity contribution in [3.8, 4) is 11.5 Å². The molecule has 0 radical (unpaired) electrons. The molecule has 0 unspecified atom stereocenters. The van der Waals surface area contributed by atoms with E-state index in [2.05, 4.69) is 5.32 Å². The van der Waals surface area contributed by atoms with E-state index in [1.807, 2.05) is 0 Å². The molecule has 0 aliphatic rings. The first-order valence-electron chi connectivity index (χ1n) is 7.49. The third-order valence-corrected chi connectivity index (χ3v) is 4.90. The lowest BCUT2D eigenvalue weighted by Gasteiger charge is -2.22. The molecule has 2 aromatic rings. The first-order chi connectivity index (χ1) is 12.2. The molecule has 2 rings (SSSR count). The average Bonchev–Trinajstić information content (AvgIpc) is 2.58. The molecular formula is C17H19ClN2O5S. The van der Waals surface area contributed by atoms with E-state index in [4.69, 9.17) is 21.1 Å². The molecule has 0 atom stereocenters. The normalized spacial score (nSPS) is 10.9. The molecule has 7 nitrogen and oxygen atoms in total. The standard InChI is InChI=1S/C17H19ClN2O5S/c1-24-14-6-4-5-12(9-14)19-17(21)11-20(26(3,22)23)13-7-8-16(25-2)15(18)10-13/h4-10H,11H2,1-3H3,(H,19,21). The number of benzene rings is 2. The smallest absolute Gasteiger partial charge is 0.245 e. The van der Waals surface area contributed by atoms with Crippen LogP contribution in [0.2, 0.25) is 5.02 Å². The zero-order valence-corrected chi connectivity index (χ0v) is 16.1. The van der Waals surface area contributed by atoms with Gasteiger partial charge in [-0.05, 0) is 30.3 Å². The quantitative estimate of drug-likeness (QED) is 0.775. The maximum absolute atomic E-state index is 12.3. The molecule has 9 heteroatoms. The second kappa shape index (κ2) is 8.29. The first kappa shape index (κ1) is 19.9. The van der Waals surface area contributed by atoms with Gasteiger partial charge in [-0.1, -0.05) is 17.7 Å². The Hall–Kier alpha value is -2.45. The summed E-state index contributed by atoms with van der Waals surface area (Å²) in [4.78, 5) is 12.3. The molecule has 0 saturated carbocycles. The number of methoxy groups -OCH3 is 2. The third-order valence-electron chi connectivity index (χ3n) is 3.46. The fourth-order valence-corrected chi connectivity index (χ4v) is 3.34. The van der Waals surface area contributed by atoms with Crippen molar-refractivity contribution in [2.24, 2.45) is 0 Å². The predicted molar refractivity (Wildman–Crippen MR) is 102 cm³/mol. The molecule has 0 aliphatic carbocycles. The zero-order valence-electron chi connectivity index (χ0n) is 14.5. The highest BCUT2D eigenvalue weighted by Gasteiger charge is 2.22. The SMILES string of the molecule is COc1cccc(NC(=O)CN(c2ccc(OC)c(Cl)c2)S(C)(=O)=O)c1. The van der Waals surface area contributed by atoms with Crippen LogP contribution in [0.4, 0.5) is 11.4 Å². The number of nitrogens with zero attached hydrogens (tertiary/aromatic N) is 1. The van der Waals surface area contributed by atoms with Gasteiger partial charge < -0.3 is 14.8 Å². The van der Waals surface area contributed by atoms with Gasteiger partial charge in [-0.15, -0.1) is 0 Å². The minimum Gasteiger partial charge on any atom is -0.497 e. The summed E-state index contributed by atoms with van der Waals surface area (Å²) in [5.41, 5.74) is 0.759. The topological polar surface area (TPSA) is 84.9 Å². The van der Waals surface area contributed by atoms with Crippen LogP contribution in [0, 0.1) is 0 Å². The van der Waals surface area contributed by atoms with Crippen molar-refractivity contribution in [3.63, 3.8) is 0 Å². The number of nitrogens with one attached hydrogen (secondary N) is 1. The van der Waals surface area contributed by atoms with Crippen molar-refractivity contribution in [2.75, 3.05) is 36.6 Å². The summed E-state index contributed by atoms with van der Waals surface area (Å²) in [5.74, 6) is 0.477. The van der Waals surface area contributed by atoms with E-state index in [0.29, 0.717) is 17.2 Å². The molecule has 0 aliphatic heterocycles. The molecule has 1 amide bonds. The summed E-state index contributed by atoms with van der Waals surface area (Å²) in [6.45, 7) is -0.404. The van der Waals surface area contributed by atoms with E-state index in [0.717, 1.165) is 10.6 Å². The highest BCUT2D eigenvalue weighted by Crippen LogP contribution is 2.30. The van der Waals surface area contributed by atoms with E-state index in [1.54, 1.807) is 24.3 Å². The lowest BCUT2D eigenvalue weighted by atomic mass is 10.3. The molecular weight excluding hydrogens is 380 g/mol. The maximum Gasteiger partial charge on any atom is 0.245 e. The van der Waals surface area contributed by atoms with E-state index < -0.39 is 22.5 Å². The summed E-state index contributed by atoms with van der Waals surface area (Å²) in [7, 11) is -0.737. The van der Waals surface area contributed by atoms with Crippen LogP contribution in [0.15, 0.2) is 42.5 Å². The number of amides is 1. The van der Waals surface area contributed by atoms with Crippen molar-refractivity contribution < 1.29 is 22.7 Å². The average molecular weight is 399 g/mol. The molecule has 0 fully saturated rings. The second-order valence-corrected chi connectivity index (χ2v) is 7.68. The number of carbonyl (C=O) groups is 1. The van der Waals surface area contributed by atoms with Gasteiger partial charge in [-0.25, -0.2) is 8.42 Å². The highest BCUT2D eigenvalue weighted by atomic mass is 35.5. The predicted octanol–water partition coefficient (Wildman–Crippen LogP) is 2.76. The molecule has 1 N–H and O–H groups in total. The molecule has 0 heterocycles. The monoisotopic (exact) mass is 398 g/mol. The fourth-order valence-electron chi connectivity index (χ4n) is 2.24. The fraction of sp³-hybridized carbons (Fsp3) is 0.235. The van der Waals surface area contributed by atoms with Gasteiger partial charge in [0, 0.05) is 11.8 Å². The Bertz CT molecular complexity index is 902. The van der Waals surface area contributed by atoms with Crippen LogP contribution in [-0.2, 0) is 14.8 Å². The Morgan fingerprint density at radius 2 is 1.88 bits per heavy atom. The van der Waals surface area contributed by atoms with Crippen LogP contribution >= 0.6 is 11.6 Å². The summed E-state index contributed by atoms with van der Waals surface area (Å²) >= 11 is 6.06. The van der Waals surface area contributed by atoms with Crippen LogP contribution in [0.25, 0.3) is 0 Å². The number of anilines is 2.